The van der Waals surface area contributed by atoms with Gasteiger partial charge in [-0.1, -0.05) is 28.1 Å². The van der Waals surface area contributed by atoms with Gasteiger partial charge in [0.2, 0.25) is 0 Å². The van der Waals surface area contributed by atoms with E-state index in [9.17, 15) is 22.8 Å². The van der Waals surface area contributed by atoms with Crippen LogP contribution in [0.4, 0.5) is 13.2 Å². The van der Waals surface area contributed by atoms with Gasteiger partial charge in [-0.15, -0.1) is 24.5 Å². The van der Waals surface area contributed by atoms with Gasteiger partial charge in [0.15, 0.2) is 6.61 Å². The molecule has 3 rings (SSSR count). The predicted octanol–water partition coefficient (Wildman–Crippen LogP) is 4.47. The molecular formula is C22H19BrF3N3O4S. The minimum atomic E-state index is -4.78. The summed E-state index contributed by atoms with van der Waals surface area (Å²) in [6.07, 6.45) is -4.09. The summed E-state index contributed by atoms with van der Waals surface area (Å²) in [5, 5.41) is 7.57. The lowest BCUT2D eigenvalue weighted by Crippen LogP contribution is -2.28. The van der Waals surface area contributed by atoms with Gasteiger partial charge in [-0.3, -0.25) is 9.59 Å². The second-order valence-corrected chi connectivity index (χ2v) is 8.70. The number of nitrogens with zero attached hydrogens (tertiary/aromatic N) is 1. The highest BCUT2D eigenvalue weighted by Crippen LogP contribution is 2.24. The number of hydrogen-bond acceptors (Lipinski definition) is 6. The molecule has 0 spiro atoms. The lowest BCUT2D eigenvalue weighted by Gasteiger charge is -2.10. The molecule has 7 nitrogen and oxygen atoms in total. The normalized spacial score (nSPS) is 11.1. The molecule has 0 fully saturated rings. The molecule has 0 atom stereocenters. The Hall–Kier alpha value is -3.12. The van der Waals surface area contributed by atoms with E-state index in [-0.39, 0.29) is 36.3 Å². The van der Waals surface area contributed by atoms with E-state index in [1.807, 2.05) is 24.3 Å². The second kappa shape index (κ2) is 11.8. The number of hydrogen-bond donors (Lipinski definition) is 2. The van der Waals surface area contributed by atoms with E-state index in [1.165, 1.54) is 23.5 Å². The molecule has 34 heavy (non-hydrogen) atoms. The minimum Gasteiger partial charge on any atom is -0.484 e. The van der Waals surface area contributed by atoms with Crippen LogP contribution in [0.2, 0.25) is 0 Å². The monoisotopic (exact) mass is 557 g/mol. The maximum absolute atomic E-state index is 12.2. The number of amides is 2. The van der Waals surface area contributed by atoms with Crippen LogP contribution < -0.4 is 20.1 Å². The molecule has 0 radical (unpaired) electrons. The Bertz CT molecular complexity index is 1110. The molecule has 1 aromatic heterocycles. The molecular weight excluding hydrogens is 539 g/mol. The number of thiazole rings is 1. The van der Waals surface area contributed by atoms with Gasteiger partial charge in [-0.2, -0.15) is 0 Å². The summed E-state index contributed by atoms with van der Waals surface area (Å²) in [5.41, 5.74) is 1.36. The van der Waals surface area contributed by atoms with Crippen molar-refractivity contribution < 1.29 is 32.2 Å². The Morgan fingerprint density at radius 2 is 1.68 bits per heavy atom. The number of alkyl halides is 3. The lowest BCUT2D eigenvalue weighted by atomic mass is 10.1. The maximum Gasteiger partial charge on any atom is 0.573 e. The first-order valence-corrected chi connectivity index (χ1v) is 11.6. The fraction of sp³-hybridized carbons (Fsp3) is 0.227. The first-order valence-electron chi connectivity index (χ1n) is 9.90. The van der Waals surface area contributed by atoms with Gasteiger partial charge >= 0.3 is 6.36 Å². The quantitative estimate of drug-likeness (QED) is 0.384. The molecule has 1 heterocycles. The second-order valence-electron chi connectivity index (χ2n) is 6.84. The van der Waals surface area contributed by atoms with Gasteiger partial charge in [-0.25, -0.2) is 4.98 Å². The third-order valence-electron chi connectivity index (χ3n) is 4.26. The van der Waals surface area contributed by atoms with Crippen molar-refractivity contribution >= 4 is 39.1 Å². The maximum atomic E-state index is 12.2. The van der Waals surface area contributed by atoms with Gasteiger partial charge < -0.3 is 20.1 Å². The standard InChI is InChI=1S/C22H19BrF3N3O4S/c23-15-3-1-14(2-4-15)9-10-27-21(31)18-13-34-20(29-18)11-28-19(30)12-32-16-5-7-17(8-6-16)33-22(24,25)26/h1-8,13H,9-12H2,(H,27,31)(H,28,30). The van der Waals surface area contributed by atoms with Gasteiger partial charge in [0.1, 0.15) is 22.2 Å². The molecule has 2 N–H and O–H groups in total. The minimum absolute atomic E-state index is 0.109. The summed E-state index contributed by atoms with van der Waals surface area (Å²) < 4.78 is 46.5. The van der Waals surface area contributed by atoms with Gasteiger partial charge in [0.05, 0.1) is 6.54 Å². The molecule has 2 aromatic carbocycles. The largest absolute Gasteiger partial charge is 0.573 e. The van der Waals surface area contributed by atoms with Crippen LogP contribution in [-0.2, 0) is 17.8 Å². The Kier molecular flexibility index (Phi) is 8.88. The summed E-state index contributed by atoms with van der Waals surface area (Å²) in [6.45, 7) is 0.232. The first kappa shape index (κ1) is 25.5. The van der Waals surface area contributed by atoms with Crippen molar-refractivity contribution in [1.82, 2.24) is 15.6 Å². The van der Waals surface area contributed by atoms with Crippen LogP contribution in [0.3, 0.4) is 0 Å². The van der Waals surface area contributed by atoms with Crippen molar-refractivity contribution in [1.29, 1.82) is 0 Å². The van der Waals surface area contributed by atoms with Crippen molar-refractivity contribution in [2.75, 3.05) is 13.2 Å². The van der Waals surface area contributed by atoms with Crippen LogP contribution in [0, 0.1) is 0 Å². The topological polar surface area (TPSA) is 89.6 Å². The van der Waals surface area contributed by atoms with E-state index in [0.717, 1.165) is 22.2 Å². The number of ether oxygens (including phenoxy) is 2. The zero-order valence-electron chi connectivity index (χ0n) is 17.5. The molecule has 0 aliphatic rings. The molecule has 3 aromatic rings. The predicted molar refractivity (Wildman–Crippen MR) is 123 cm³/mol. The van der Waals surface area contributed by atoms with Crippen molar-refractivity contribution in [2.45, 2.75) is 19.3 Å². The Morgan fingerprint density at radius 3 is 2.35 bits per heavy atom. The highest BCUT2D eigenvalue weighted by molar-refractivity contribution is 9.10. The molecule has 0 saturated heterocycles. The highest BCUT2D eigenvalue weighted by atomic mass is 79.9. The summed E-state index contributed by atoms with van der Waals surface area (Å²) in [5.74, 6) is -0.930. The van der Waals surface area contributed by atoms with E-state index < -0.39 is 12.3 Å². The van der Waals surface area contributed by atoms with Crippen LogP contribution in [0.15, 0.2) is 58.4 Å². The van der Waals surface area contributed by atoms with Crippen molar-refractivity contribution in [3.05, 3.63) is 74.6 Å². The summed E-state index contributed by atoms with van der Waals surface area (Å²) >= 11 is 4.61. The molecule has 180 valence electrons. The SMILES string of the molecule is O=C(COc1ccc(OC(F)(F)F)cc1)NCc1nc(C(=O)NCCc2ccc(Br)cc2)cs1. The average molecular weight is 558 g/mol. The third-order valence-corrected chi connectivity index (χ3v) is 5.64. The van der Waals surface area contributed by atoms with E-state index in [2.05, 4.69) is 36.3 Å². The van der Waals surface area contributed by atoms with E-state index in [1.54, 1.807) is 5.38 Å². The first-order chi connectivity index (χ1) is 16.2. The van der Waals surface area contributed by atoms with Gasteiger partial charge in [0.25, 0.3) is 11.8 Å². The smallest absolute Gasteiger partial charge is 0.484 e. The van der Waals surface area contributed by atoms with Crippen molar-refractivity contribution in [3.63, 3.8) is 0 Å². The van der Waals surface area contributed by atoms with Crippen LogP contribution in [0.1, 0.15) is 21.1 Å². The fourth-order valence-electron chi connectivity index (χ4n) is 2.67. The van der Waals surface area contributed by atoms with Gasteiger partial charge in [-0.05, 0) is 48.4 Å². The molecule has 0 aliphatic carbocycles. The van der Waals surface area contributed by atoms with E-state index in [0.29, 0.717) is 18.0 Å². The van der Waals surface area contributed by atoms with E-state index in [4.69, 9.17) is 4.74 Å². The number of carbonyl (C=O) groups is 2. The highest BCUT2D eigenvalue weighted by Gasteiger charge is 2.31. The Morgan fingerprint density at radius 1 is 1.00 bits per heavy atom. The number of halogens is 4. The van der Waals surface area contributed by atoms with Gasteiger partial charge in [0, 0.05) is 16.4 Å². The Balaban J connectivity index is 1.37. The number of rotatable bonds is 10. The summed E-state index contributed by atoms with van der Waals surface area (Å²) in [6, 6.07) is 12.5. The molecule has 0 saturated carbocycles. The fourth-order valence-corrected chi connectivity index (χ4v) is 3.65. The van der Waals surface area contributed by atoms with Crippen LogP contribution in [0.5, 0.6) is 11.5 Å². The molecule has 0 aliphatic heterocycles. The number of benzene rings is 2. The van der Waals surface area contributed by atoms with E-state index >= 15 is 0 Å². The molecule has 0 bridgehead atoms. The summed E-state index contributed by atoms with van der Waals surface area (Å²) in [4.78, 5) is 28.4. The number of nitrogens with one attached hydrogen (secondary N) is 2. The molecule has 2 amide bonds. The molecule has 12 heteroatoms. The van der Waals surface area contributed by atoms with Crippen molar-refractivity contribution in [2.24, 2.45) is 0 Å². The molecule has 0 unspecified atom stereocenters. The summed E-state index contributed by atoms with van der Waals surface area (Å²) in [7, 11) is 0. The average Bonchev–Trinajstić information content (AvgIpc) is 3.27. The van der Waals surface area contributed by atoms with Crippen LogP contribution in [-0.4, -0.2) is 36.3 Å². The zero-order chi connectivity index (χ0) is 24.6. The number of carbonyl (C=O) groups excluding carboxylic acids is 2. The van der Waals surface area contributed by atoms with Crippen LogP contribution >= 0.6 is 27.3 Å². The number of aromatic nitrogens is 1. The third kappa shape index (κ3) is 8.67. The van der Waals surface area contributed by atoms with Crippen molar-refractivity contribution in [3.8, 4) is 11.5 Å². The van der Waals surface area contributed by atoms with Crippen LogP contribution in [0.25, 0.3) is 0 Å². The lowest BCUT2D eigenvalue weighted by molar-refractivity contribution is -0.274. The Labute approximate surface area is 205 Å². The zero-order valence-corrected chi connectivity index (χ0v) is 19.9.